The maximum atomic E-state index is 11.1. The van der Waals surface area contributed by atoms with E-state index >= 15 is 0 Å². The number of nitrogens with zero attached hydrogens (tertiary/aromatic N) is 1. The van der Waals surface area contributed by atoms with E-state index in [1.54, 1.807) is 19.2 Å². The average Bonchev–Trinajstić information content (AvgIpc) is 2.30. The van der Waals surface area contributed by atoms with Crippen molar-refractivity contribution in [1.29, 1.82) is 0 Å². The minimum absolute atomic E-state index is 0.0386. The molecule has 0 fully saturated rings. The zero-order valence-corrected chi connectivity index (χ0v) is 9.48. The molecule has 0 radical (unpaired) electrons. The van der Waals surface area contributed by atoms with Crippen LogP contribution in [0, 0.1) is 0 Å². The Hall–Kier alpha value is -1.42. The minimum atomic E-state index is -0.151. The second-order valence-electron chi connectivity index (χ2n) is 3.47. The monoisotopic (exact) mass is 223 g/mol. The van der Waals surface area contributed by atoms with Crippen molar-refractivity contribution in [2.24, 2.45) is 0 Å². The van der Waals surface area contributed by atoms with Crippen LogP contribution in [0.15, 0.2) is 18.3 Å². The summed E-state index contributed by atoms with van der Waals surface area (Å²) in [7, 11) is 0. The Bertz CT molecular complexity index is 322. The Labute approximate surface area is 95.3 Å². The van der Waals surface area contributed by atoms with Crippen molar-refractivity contribution in [3.8, 4) is 0 Å². The number of pyridine rings is 1. The number of aromatic nitrogens is 1. The minimum Gasteiger partial charge on any atom is -0.466 e. The van der Waals surface area contributed by atoms with Gasteiger partial charge in [0.2, 0.25) is 0 Å². The van der Waals surface area contributed by atoms with E-state index in [4.69, 9.17) is 9.84 Å². The van der Waals surface area contributed by atoms with E-state index < -0.39 is 0 Å². The van der Waals surface area contributed by atoms with Crippen molar-refractivity contribution in [1.82, 2.24) is 4.98 Å². The molecule has 0 aliphatic heterocycles. The highest BCUT2D eigenvalue weighted by Gasteiger charge is 2.02. The van der Waals surface area contributed by atoms with Gasteiger partial charge in [-0.15, -0.1) is 0 Å². The molecule has 0 atom stereocenters. The fraction of sp³-hybridized carbons (Fsp3) is 0.500. The molecule has 1 aromatic rings. The quantitative estimate of drug-likeness (QED) is 0.742. The summed E-state index contributed by atoms with van der Waals surface area (Å²) in [6.07, 6.45) is 3.74. The standard InChI is InChI=1S/C12H17NO3/c1-2-16-12(15)5-3-4-10-6-7-11(9-14)13-8-10/h6-8,14H,2-5,9H2,1H3. The lowest BCUT2D eigenvalue weighted by Crippen LogP contribution is -2.04. The third-order valence-electron chi connectivity index (χ3n) is 2.20. The van der Waals surface area contributed by atoms with Crippen LogP contribution in [0.25, 0.3) is 0 Å². The molecular formula is C12H17NO3. The van der Waals surface area contributed by atoms with E-state index in [-0.39, 0.29) is 12.6 Å². The molecule has 0 spiro atoms. The largest absolute Gasteiger partial charge is 0.466 e. The maximum Gasteiger partial charge on any atom is 0.305 e. The summed E-state index contributed by atoms with van der Waals surface area (Å²) in [6, 6.07) is 3.71. The van der Waals surface area contributed by atoms with E-state index in [2.05, 4.69) is 4.98 Å². The van der Waals surface area contributed by atoms with Gasteiger partial charge < -0.3 is 9.84 Å². The Morgan fingerprint density at radius 3 is 2.88 bits per heavy atom. The molecular weight excluding hydrogens is 206 g/mol. The molecule has 0 amide bonds. The van der Waals surface area contributed by atoms with Gasteiger partial charge in [-0.2, -0.15) is 0 Å². The van der Waals surface area contributed by atoms with Crippen LogP contribution >= 0.6 is 0 Å². The van der Waals surface area contributed by atoms with Crippen LogP contribution in [0.4, 0.5) is 0 Å². The van der Waals surface area contributed by atoms with E-state index in [1.165, 1.54) is 0 Å². The number of carbonyl (C=O) groups is 1. The third-order valence-corrected chi connectivity index (χ3v) is 2.20. The third kappa shape index (κ3) is 4.40. The zero-order chi connectivity index (χ0) is 11.8. The van der Waals surface area contributed by atoms with Crippen molar-refractivity contribution in [2.75, 3.05) is 6.61 Å². The van der Waals surface area contributed by atoms with Gasteiger partial charge in [-0.3, -0.25) is 9.78 Å². The summed E-state index contributed by atoms with van der Waals surface area (Å²) in [5.74, 6) is -0.151. The van der Waals surface area contributed by atoms with E-state index in [1.807, 2.05) is 6.07 Å². The molecule has 4 nitrogen and oxygen atoms in total. The van der Waals surface area contributed by atoms with Gasteiger partial charge >= 0.3 is 5.97 Å². The van der Waals surface area contributed by atoms with Gasteiger partial charge in [-0.1, -0.05) is 6.07 Å². The summed E-state index contributed by atoms with van der Waals surface area (Å²) >= 11 is 0. The fourth-order valence-corrected chi connectivity index (χ4v) is 1.37. The molecule has 1 rings (SSSR count). The van der Waals surface area contributed by atoms with Crippen LogP contribution in [-0.4, -0.2) is 22.7 Å². The number of rotatable bonds is 6. The Morgan fingerprint density at radius 1 is 1.50 bits per heavy atom. The lowest BCUT2D eigenvalue weighted by Gasteiger charge is -2.02. The predicted molar refractivity (Wildman–Crippen MR) is 59.7 cm³/mol. The summed E-state index contributed by atoms with van der Waals surface area (Å²) < 4.78 is 4.83. The highest BCUT2D eigenvalue weighted by atomic mass is 16.5. The molecule has 0 saturated carbocycles. The first-order chi connectivity index (χ1) is 7.76. The second kappa shape index (κ2) is 6.95. The van der Waals surface area contributed by atoms with Gasteiger partial charge in [0.15, 0.2) is 0 Å². The molecule has 0 aliphatic rings. The summed E-state index contributed by atoms with van der Waals surface area (Å²) in [6.45, 7) is 2.20. The number of hydrogen-bond acceptors (Lipinski definition) is 4. The molecule has 0 aliphatic carbocycles. The lowest BCUT2D eigenvalue weighted by molar-refractivity contribution is -0.143. The van der Waals surface area contributed by atoms with E-state index in [0.717, 1.165) is 18.4 Å². The van der Waals surface area contributed by atoms with Crippen LogP contribution in [-0.2, 0) is 22.6 Å². The van der Waals surface area contributed by atoms with Crippen LogP contribution in [0.5, 0.6) is 0 Å². The number of hydrogen-bond donors (Lipinski definition) is 1. The summed E-state index contributed by atoms with van der Waals surface area (Å²) in [5, 5.41) is 8.81. The number of esters is 1. The average molecular weight is 223 g/mol. The van der Waals surface area contributed by atoms with Crippen molar-refractivity contribution < 1.29 is 14.6 Å². The first kappa shape index (κ1) is 12.6. The van der Waals surface area contributed by atoms with Gasteiger partial charge in [0.05, 0.1) is 18.9 Å². The molecule has 1 N–H and O–H groups in total. The fourth-order valence-electron chi connectivity index (χ4n) is 1.37. The van der Waals surface area contributed by atoms with Gasteiger partial charge in [-0.05, 0) is 31.4 Å². The topological polar surface area (TPSA) is 59.4 Å². The number of aliphatic hydroxyl groups excluding tert-OH is 1. The smallest absolute Gasteiger partial charge is 0.305 e. The molecule has 0 bridgehead atoms. The zero-order valence-electron chi connectivity index (χ0n) is 9.48. The maximum absolute atomic E-state index is 11.1. The van der Waals surface area contributed by atoms with Crippen molar-refractivity contribution in [3.05, 3.63) is 29.6 Å². The second-order valence-corrected chi connectivity index (χ2v) is 3.47. The Morgan fingerprint density at radius 2 is 2.31 bits per heavy atom. The summed E-state index contributed by atoms with van der Waals surface area (Å²) in [4.78, 5) is 15.1. The Kier molecular flexibility index (Phi) is 5.50. The number of aryl methyl sites for hydroxylation is 1. The normalized spacial score (nSPS) is 10.1. The first-order valence-corrected chi connectivity index (χ1v) is 5.46. The van der Waals surface area contributed by atoms with Gasteiger partial charge in [0.1, 0.15) is 0 Å². The number of ether oxygens (including phenoxy) is 1. The van der Waals surface area contributed by atoms with E-state index in [0.29, 0.717) is 18.7 Å². The lowest BCUT2D eigenvalue weighted by atomic mass is 10.1. The highest BCUT2D eigenvalue weighted by Crippen LogP contribution is 2.05. The first-order valence-electron chi connectivity index (χ1n) is 5.46. The number of aliphatic hydroxyl groups is 1. The molecule has 0 unspecified atom stereocenters. The van der Waals surface area contributed by atoms with Crippen molar-refractivity contribution in [2.45, 2.75) is 32.8 Å². The van der Waals surface area contributed by atoms with Crippen LogP contribution < -0.4 is 0 Å². The van der Waals surface area contributed by atoms with Crippen LogP contribution in [0.1, 0.15) is 31.0 Å². The predicted octanol–water partition coefficient (Wildman–Crippen LogP) is 1.46. The highest BCUT2D eigenvalue weighted by molar-refractivity contribution is 5.69. The van der Waals surface area contributed by atoms with Crippen molar-refractivity contribution in [3.63, 3.8) is 0 Å². The SMILES string of the molecule is CCOC(=O)CCCc1ccc(CO)nc1. The Balaban J connectivity index is 2.29. The molecule has 0 aromatic carbocycles. The van der Waals surface area contributed by atoms with Gasteiger partial charge in [-0.25, -0.2) is 0 Å². The summed E-state index contributed by atoms with van der Waals surface area (Å²) in [5.41, 5.74) is 1.73. The molecule has 1 heterocycles. The molecule has 0 saturated heterocycles. The van der Waals surface area contributed by atoms with E-state index in [9.17, 15) is 4.79 Å². The molecule has 88 valence electrons. The van der Waals surface area contributed by atoms with Crippen LogP contribution in [0.3, 0.4) is 0 Å². The number of carbonyl (C=O) groups excluding carboxylic acids is 1. The van der Waals surface area contributed by atoms with Crippen molar-refractivity contribution >= 4 is 5.97 Å². The van der Waals surface area contributed by atoms with Crippen LogP contribution in [0.2, 0.25) is 0 Å². The molecule has 16 heavy (non-hydrogen) atoms. The van der Waals surface area contributed by atoms with Gasteiger partial charge in [0.25, 0.3) is 0 Å². The van der Waals surface area contributed by atoms with Gasteiger partial charge in [0, 0.05) is 12.6 Å². The molecule has 1 aromatic heterocycles. The molecule has 4 heteroatoms.